The van der Waals surface area contributed by atoms with E-state index in [0.29, 0.717) is 19.8 Å². The number of methoxy groups -OCH3 is 1. The monoisotopic (exact) mass is 392 g/mol. The maximum atomic E-state index is 5.99. The average molecular weight is 392 g/mol. The minimum atomic E-state index is 0.252. The lowest BCUT2D eigenvalue weighted by Crippen LogP contribution is -2.24. The molecule has 0 unspecified atom stereocenters. The van der Waals surface area contributed by atoms with Crippen LogP contribution in [0.1, 0.15) is 17.7 Å². The molecule has 29 heavy (non-hydrogen) atoms. The van der Waals surface area contributed by atoms with Crippen LogP contribution in [0, 0.1) is 6.92 Å². The minimum Gasteiger partial charge on any atom is -0.489 e. The first-order chi connectivity index (χ1) is 14.2. The van der Waals surface area contributed by atoms with Gasteiger partial charge in [0.05, 0.1) is 24.8 Å². The quantitative estimate of drug-likeness (QED) is 0.533. The van der Waals surface area contributed by atoms with Gasteiger partial charge in [-0.2, -0.15) is 0 Å². The molecule has 0 N–H and O–H groups in total. The van der Waals surface area contributed by atoms with E-state index in [9.17, 15) is 0 Å². The summed E-state index contributed by atoms with van der Waals surface area (Å²) in [6.07, 6.45) is 1.28. The van der Waals surface area contributed by atoms with Crippen LogP contribution in [0.2, 0.25) is 0 Å². The van der Waals surface area contributed by atoms with E-state index >= 15 is 0 Å². The zero-order valence-electron chi connectivity index (χ0n) is 17.1. The Bertz CT molecular complexity index is 946. The van der Waals surface area contributed by atoms with Gasteiger partial charge in [-0.3, -0.25) is 4.98 Å². The average Bonchev–Trinajstić information content (AvgIpc) is 3.21. The van der Waals surface area contributed by atoms with Gasteiger partial charge in [-0.1, -0.05) is 30.3 Å². The molecule has 1 aromatic heterocycles. The molecule has 0 amide bonds. The Morgan fingerprint density at radius 1 is 1.07 bits per heavy atom. The maximum absolute atomic E-state index is 5.99. The first-order valence-electron chi connectivity index (χ1n) is 10.2. The van der Waals surface area contributed by atoms with E-state index in [1.165, 1.54) is 5.69 Å². The summed E-state index contributed by atoms with van der Waals surface area (Å²) < 4.78 is 17.0. The second-order valence-electron chi connectivity index (χ2n) is 7.46. The maximum Gasteiger partial charge on any atom is 0.122 e. The number of anilines is 1. The molecule has 0 aliphatic carbocycles. The molecule has 1 saturated heterocycles. The highest BCUT2D eigenvalue weighted by Gasteiger charge is 2.25. The van der Waals surface area contributed by atoms with Crippen LogP contribution in [-0.4, -0.2) is 44.5 Å². The number of hydrogen-bond acceptors (Lipinski definition) is 5. The van der Waals surface area contributed by atoms with Gasteiger partial charge in [-0.15, -0.1) is 0 Å². The normalized spacial score (nSPS) is 16.5. The Hall–Kier alpha value is -2.63. The molecule has 2 heterocycles. The van der Waals surface area contributed by atoms with Gasteiger partial charge in [0.25, 0.3) is 0 Å². The molecule has 5 nitrogen and oxygen atoms in total. The number of hydrogen-bond donors (Lipinski definition) is 0. The van der Waals surface area contributed by atoms with Crippen molar-refractivity contribution >= 4 is 16.6 Å². The highest BCUT2D eigenvalue weighted by molar-refractivity contribution is 5.93. The Kier molecular flexibility index (Phi) is 6.27. The largest absolute Gasteiger partial charge is 0.489 e. The van der Waals surface area contributed by atoms with Crippen LogP contribution in [0.15, 0.2) is 54.6 Å². The Labute approximate surface area is 172 Å². The number of fused-ring (bicyclic) bond motifs is 1. The molecule has 5 heteroatoms. The van der Waals surface area contributed by atoms with Crippen LogP contribution in [-0.2, 0) is 16.1 Å². The van der Waals surface area contributed by atoms with Crippen molar-refractivity contribution in [3.8, 4) is 5.75 Å². The smallest absolute Gasteiger partial charge is 0.122 e. The number of benzene rings is 2. The van der Waals surface area contributed by atoms with Gasteiger partial charge in [-0.25, -0.2) is 0 Å². The fraction of sp³-hybridized carbons (Fsp3) is 0.375. The molecule has 1 atom stereocenters. The fourth-order valence-electron chi connectivity index (χ4n) is 3.79. The van der Waals surface area contributed by atoms with Crippen LogP contribution in [0.5, 0.6) is 5.75 Å². The first kappa shape index (κ1) is 19.7. The second kappa shape index (κ2) is 9.25. The van der Waals surface area contributed by atoms with Crippen molar-refractivity contribution in [1.29, 1.82) is 0 Å². The summed E-state index contributed by atoms with van der Waals surface area (Å²) in [5.74, 6) is 0.840. The summed E-state index contributed by atoms with van der Waals surface area (Å²) >= 11 is 0. The Morgan fingerprint density at radius 2 is 1.93 bits per heavy atom. The predicted octanol–water partition coefficient (Wildman–Crippen LogP) is 4.36. The number of aromatic nitrogens is 1. The van der Waals surface area contributed by atoms with Crippen LogP contribution in [0.3, 0.4) is 0 Å². The SMILES string of the molecule is COCCO[C@H]1CCN(c2cc(C)nc3cc(OCc4ccccc4)ccc23)C1. The van der Waals surface area contributed by atoms with Crippen molar-refractivity contribution in [2.45, 2.75) is 26.1 Å². The molecule has 0 radical (unpaired) electrons. The highest BCUT2D eigenvalue weighted by Crippen LogP contribution is 2.32. The summed E-state index contributed by atoms with van der Waals surface area (Å²) in [6.45, 7) is 5.77. The second-order valence-corrected chi connectivity index (χ2v) is 7.46. The van der Waals surface area contributed by atoms with Crippen molar-refractivity contribution in [2.24, 2.45) is 0 Å². The van der Waals surface area contributed by atoms with Crippen molar-refractivity contribution in [3.05, 3.63) is 65.9 Å². The van der Waals surface area contributed by atoms with Gasteiger partial charge >= 0.3 is 0 Å². The van der Waals surface area contributed by atoms with E-state index in [1.807, 2.05) is 37.3 Å². The van der Waals surface area contributed by atoms with Crippen molar-refractivity contribution < 1.29 is 14.2 Å². The molecule has 1 aliphatic rings. The van der Waals surface area contributed by atoms with Crippen molar-refractivity contribution in [1.82, 2.24) is 4.98 Å². The molecule has 2 aromatic carbocycles. The van der Waals surface area contributed by atoms with Crippen molar-refractivity contribution in [3.63, 3.8) is 0 Å². The van der Waals surface area contributed by atoms with E-state index in [-0.39, 0.29) is 6.10 Å². The van der Waals surface area contributed by atoms with Gasteiger partial charge < -0.3 is 19.1 Å². The number of pyridine rings is 1. The van der Waals surface area contributed by atoms with E-state index in [1.54, 1.807) is 7.11 Å². The number of ether oxygens (including phenoxy) is 3. The van der Waals surface area contributed by atoms with Gasteiger partial charge in [0.1, 0.15) is 12.4 Å². The summed E-state index contributed by atoms with van der Waals surface area (Å²) in [5.41, 5.74) is 4.35. The topological polar surface area (TPSA) is 43.8 Å². The molecular weight excluding hydrogens is 364 g/mol. The van der Waals surface area contributed by atoms with E-state index in [0.717, 1.165) is 47.4 Å². The summed E-state index contributed by atoms with van der Waals surface area (Å²) in [5, 5.41) is 1.15. The lowest BCUT2D eigenvalue weighted by atomic mass is 10.1. The summed E-state index contributed by atoms with van der Waals surface area (Å²) in [6, 6.07) is 18.6. The van der Waals surface area contributed by atoms with Gasteiger partial charge in [-0.05, 0) is 37.1 Å². The van der Waals surface area contributed by atoms with Crippen LogP contribution < -0.4 is 9.64 Å². The molecule has 1 fully saturated rings. The predicted molar refractivity (Wildman–Crippen MR) is 116 cm³/mol. The van der Waals surface area contributed by atoms with Gasteiger partial charge in [0.15, 0.2) is 0 Å². The zero-order chi connectivity index (χ0) is 20.1. The summed E-state index contributed by atoms with van der Waals surface area (Å²) in [7, 11) is 1.70. The molecule has 152 valence electrons. The first-order valence-corrected chi connectivity index (χ1v) is 10.2. The standard InChI is InChI=1S/C24H28N2O3/c1-18-14-24(26-11-10-21(16-26)28-13-12-27-2)22-9-8-20(15-23(22)25-18)29-17-19-6-4-3-5-7-19/h3-9,14-15,21H,10-13,16-17H2,1-2H3/t21-/m0/s1. The third-order valence-corrected chi connectivity index (χ3v) is 5.26. The third-order valence-electron chi connectivity index (χ3n) is 5.26. The zero-order valence-corrected chi connectivity index (χ0v) is 17.1. The van der Waals surface area contributed by atoms with Crippen LogP contribution in [0.4, 0.5) is 5.69 Å². The fourth-order valence-corrected chi connectivity index (χ4v) is 3.79. The van der Waals surface area contributed by atoms with Gasteiger partial charge in [0, 0.05) is 43.0 Å². The number of nitrogens with zero attached hydrogens (tertiary/aromatic N) is 2. The lowest BCUT2D eigenvalue weighted by molar-refractivity contribution is 0.0280. The molecule has 0 saturated carbocycles. The summed E-state index contributed by atoms with van der Waals surface area (Å²) in [4.78, 5) is 7.15. The van der Waals surface area contributed by atoms with E-state index in [2.05, 4.69) is 29.2 Å². The highest BCUT2D eigenvalue weighted by atomic mass is 16.5. The Balaban J connectivity index is 1.50. The minimum absolute atomic E-state index is 0.252. The van der Waals surface area contributed by atoms with Gasteiger partial charge in [0.2, 0.25) is 0 Å². The lowest BCUT2D eigenvalue weighted by Gasteiger charge is -2.21. The van der Waals surface area contributed by atoms with Crippen LogP contribution >= 0.6 is 0 Å². The molecular formula is C24H28N2O3. The Morgan fingerprint density at radius 3 is 2.76 bits per heavy atom. The molecule has 0 bridgehead atoms. The number of rotatable bonds is 8. The third kappa shape index (κ3) is 4.86. The van der Waals surface area contributed by atoms with E-state index in [4.69, 9.17) is 19.2 Å². The molecule has 1 aliphatic heterocycles. The van der Waals surface area contributed by atoms with E-state index < -0.39 is 0 Å². The van der Waals surface area contributed by atoms with Crippen LogP contribution in [0.25, 0.3) is 10.9 Å². The molecule has 3 aromatic rings. The molecule has 0 spiro atoms. The molecule has 4 rings (SSSR count). The van der Waals surface area contributed by atoms with Crippen molar-refractivity contribution in [2.75, 3.05) is 38.3 Å². The number of aryl methyl sites for hydroxylation is 1.